The maximum absolute atomic E-state index is 13.6. The first kappa shape index (κ1) is 63.2. The lowest BCUT2D eigenvalue weighted by atomic mass is 10.0. The number of aliphatic hydroxyl groups is 1. The normalized spacial score (nSPS) is 15.0. The molecule has 24 heteroatoms. The summed E-state index contributed by atoms with van der Waals surface area (Å²) in [5.74, 6) is -8.44. The minimum absolute atomic E-state index is 0.000130. The number of carboxylic acids is 1. The Morgan fingerprint density at radius 2 is 1.04 bits per heavy atom. The van der Waals surface area contributed by atoms with Gasteiger partial charge in [-0.25, -0.2) is 4.79 Å². The van der Waals surface area contributed by atoms with E-state index in [-0.39, 0.29) is 55.7 Å². The summed E-state index contributed by atoms with van der Waals surface area (Å²) >= 11 is 4.18. The topological polar surface area (TPSA) is 371 Å². The highest BCUT2D eigenvalue weighted by Gasteiger charge is 2.33. The Labute approximate surface area is 421 Å². The molecule has 0 aliphatic carbocycles. The van der Waals surface area contributed by atoms with Gasteiger partial charge < -0.3 is 69.5 Å². The summed E-state index contributed by atoms with van der Waals surface area (Å²) in [6.07, 6.45) is 0.101. The van der Waals surface area contributed by atoms with Crippen LogP contribution in [-0.4, -0.2) is 149 Å². The minimum atomic E-state index is -1.64. The third-order valence-corrected chi connectivity index (χ3v) is 11.1. The summed E-state index contributed by atoms with van der Waals surface area (Å²) in [5, 5.41) is 42.4. The van der Waals surface area contributed by atoms with E-state index in [1.165, 1.54) is 13.8 Å². The third kappa shape index (κ3) is 25.2. The fourth-order valence-corrected chi connectivity index (χ4v) is 7.23. The average molecular weight is 1020 g/mol. The zero-order valence-electron chi connectivity index (χ0n) is 42.2. The Morgan fingerprint density at radius 1 is 0.549 bits per heavy atom. The van der Waals surface area contributed by atoms with Crippen LogP contribution in [0, 0.1) is 17.8 Å². The van der Waals surface area contributed by atoms with Gasteiger partial charge in [-0.2, -0.15) is 12.6 Å². The summed E-state index contributed by atoms with van der Waals surface area (Å²) in [5.41, 5.74) is 12.3. The molecule has 0 bridgehead atoms. The van der Waals surface area contributed by atoms with Crippen LogP contribution in [-0.2, 0) is 54.4 Å². The number of rotatable bonds is 33. The van der Waals surface area contributed by atoms with Crippen LogP contribution in [0.2, 0.25) is 0 Å². The molecule has 400 valence electrons. The molecule has 0 heterocycles. The van der Waals surface area contributed by atoms with Crippen LogP contribution in [0.4, 0.5) is 0 Å². The number of aliphatic carboxylic acids is 1. The molecule has 0 aliphatic rings. The first-order valence-electron chi connectivity index (χ1n) is 24.0. The predicted molar refractivity (Wildman–Crippen MR) is 268 cm³/mol. The van der Waals surface area contributed by atoms with Crippen molar-refractivity contribution in [1.82, 2.24) is 47.9 Å². The Balaban J connectivity index is 2.97. The first-order valence-corrected chi connectivity index (χ1v) is 24.6. The Hall–Kier alpha value is -5.85. The van der Waals surface area contributed by atoms with Gasteiger partial charge in [0.2, 0.25) is 53.2 Å². The molecule has 0 aliphatic heterocycles. The molecule has 0 aromatic heterocycles. The fourth-order valence-electron chi connectivity index (χ4n) is 6.98. The molecule has 0 unspecified atom stereocenters. The number of carbonyl (C=O) groups excluding carboxylic acids is 9. The Morgan fingerprint density at radius 3 is 1.58 bits per heavy atom. The van der Waals surface area contributed by atoms with Gasteiger partial charge >= 0.3 is 5.97 Å². The van der Waals surface area contributed by atoms with Crippen molar-refractivity contribution in [3.05, 3.63) is 35.9 Å². The highest BCUT2D eigenvalue weighted by Crippen LogP contribution is 2.11. The van der Waals surface area contributed by atoms with Gasteiger partial charge in [-0.15, -0.1) is 0 Å². The van der Waals surface area contributed by atoms with E-state index in [9.17, 15) is 58.2 Å². The van der Waals surface area contributed by atoms with Crippen molar-refractivity contribution in [2.24, 2.45) is 29.2 Å². The second kappa shape index (κ2) is 32.9. The first-order chi connectivity index (χ1) is 33.3. The average Bonchev–Trinajstić information content (AvgIpc) is 3.29. The molecule has 0 spiro atoms. The van der Waals surface area contributed by atoms with Gasteiger partial charge in [0.05, 0.1) is 25.2 Å². The molecule has 9 amide bonds. The standard InChI is InChI=1S/C47H79N11O12S/c1-25(2)18-31(49)41(63)55-33(19-26(3)4)44(66)57-36(24-71)42(64)50-23-38(61)53-32(16-12-13-17-48)43(65)58-39(29(8)59)46(68)51-22-37(60)52-28(7)40(62)54-34(21-30-14-10-9-11-15-30)45(67)56-35(47(69)70)20-27(5)6/h9-11,14-15,25-29,31-36,39,59,71H,12-13,16-24,48-49H2,1-8H3,(H,50,64)(H,51,68)(H,52,60)(H,53,61)(H,54,62)(H,55,63)(H,56,67)(H,57,66)(H,58,65)(H,69,70)/t28-,29+,31-,32-,33-,34-,35-,36-,39-/m0/s1. The molecule has 0 saturated carbocycles. The van der Waals surface area contributed by atoms with Crippen molar-refractivity contribution in [1.29, 1.82) is 0 Å². The van der Waals surface area contributed by atoms with Crippen LogP contribution in [0.25, 0.3) is 0 Å². The number of nitrogens with one attached hydrogen (secondary N) is 9. The molecule has 0 saturated heterocycles. The van der Waals surface area contributed by atoms with E-state index in [2.05, 4.69) is 60.5 Å². The van der Waals surface area contributed by atoms with E-state index in [0.29, 0.717) is 24.8 Å². The SMILES string of the molecule is CC(C)C[C@H](NC(=O)[C@H](Cc1ccccc1)NC(=O)[C@H](C)NC(=O)CNC(=O)[C@@H](NC(=O)[C@H](CCCCN)NC(=O)CNC(=O)[C@H](CS)NC(=O)[C@H](CC(C)C)NC(=O)[C@@H](N)CC(C)C)[C@@H](C)O)C(=O)O. The third-order valence-electron chi connectivity index (χ3n) is 10.7. The zero-order valence-corrected chi connectivity index (χ0v) is 43.1. The lowest BCUT2D eigenvalue weighted by Gasteiger charge is -2.26. The van der Waals surface area contributed by atoms with Crippen LogP contribution in [0.15, 0.2) is 30.3 Å². The maximum Gasteiger partial charge on any atom is 0.326 e. The molecule has 23 nitrogen and oxygen atoms in total. The van der Waals surface area contributed by atoms with Crippen molar-refractivity contribution < 1.29 is 58.2 Å². The molecule has 9 atom stereocenters. The monoisotopic (exact) mass is 1020 g/mol. The molecule has 1 aromatic carbocycles. The lowest BCUT2D eigenvalue weighted by Crippen LogP contribution is -2.59. The van der Waals surface area contributed by atoms with Crippen LogP contribution in [0.3, 0.4) is 0 Å². The predicted octanol–water partition coefficient (Wildman–Crippen LogP) is -2.14. The zero-order chi connectivity index (χ0) is 54.0. The van der Waals surface area contributed by atoms with Crippen LogP contribution < -0.4 is 59.3 Å². The molecular formula is C47H79N11O12S. The lowest BCUT2D eigenvalue weighted by molar-refractivity contribution is -0.142. The number of aliphatic hydroxyl groups excluding tert-OH is 1. The van der Waals surface area contributed by atoms with Gasteiger partial charge in [0.1, 0.15) is 42.3 Å². The Kier molecular flexibility index (Phi) is 29.3. The minimum Gasteiger partial charge on any atom is -0.480 e. The molecule has 15 N–H and O–H groups in total. The van der Waals surface area contributed by atoms with Gasteiger partial charge in [-0.1, -0.05) is 71.9 Å². The number of carbonyl (C=O) groups is 10. The molecule has 1 rings (SSSR count). The summed E-state index contributed by atoms with van der Waals surface area (Å²) in [6, 6.07) is -1.04. The molecule has 0 radical (unpaired) electrons. The van der Waals surface area contributed by atoms with Gasteiger partial charge in [0.15, 0.2) is 0 Å². The van der Waals surface area contributed by atoms with Crippen molar-refractivity contribution in [2.75, 3.05) is 25.4 Å². The van der Waals surface area contributed by atoms with Crippen molar-refractivity contribution in [2.45, 2.75) is 155 Å². The van der Waals surface area contributed by atoms with Crippen molar-refractivity contribution >= 4 is 71.8 Å². The Bertz CT molecular complexity index is 1920. The maximum atomic E-state index is 13.6. The molecule has 1 aromatic rings. The van der Waals surface area contributed by atoms with Gasteiger partial charge in [-0.3, -0.25) is 43.2 Å². The van der Waals surface area contributed by atoms with Gasteiger partial charge in [0.25, 0.3) is 0 Å². The number of hydrogen-bond donors (Lipinski definition) is 14. The van der Waals surface area contributed by atoms with Crippen LogP contribution in [0.1, 0.15) is 99.5 Å². The number of unbranched alkanes of at least 4 members (excludes halogenated alkanes) is 1. The number of thiol groups is 1. The number of amides is 9. The largest absolute Gasteiger partial charge is 0.480 e. The van der Waals surface area contributed by atoms with E-state index in [4.69, 9.17) is 11.5 Å². The van der Waals surface area contributed by atoms with Crippen molar-refractivity contribution in [3.8, 4) is 0 Å². The summed E-state index contributed by atoms with van der Waals surface area (Å²) in [7, 11) is 0. The van der Waals surface area contributed by atoms with Crippen molar-refractivity contribution in [3.63, 3.8) is 0 Å². The summed E-state index contributed by atoms with van der Waals surface area (Å²) in [4.78, 5) is 131. The number of nitrogens with two attached hydrogens (primary N) is 2. The van der Waals surface area contributed by atoms with E-state index in [1.54, 1.807) is 44.2 Å². The second-order valence-corrected chi connectivity index (χ2v) is 19.2. The molecular weight excluding hydrogens is 943 g/mol. The number of hydrogen-bond acceptors (Lipinski definition) is 14. The van der Waals surface area contributed by atoms with E-state index in [0.717, 1.165) is 0 Å². The quantitative estimate of drug-likeness (QED) is 0.0264. The highest BCUT2D eigenvalue weighted by atomic mass is 32.1. The van der Waals surface area contributed by atoms with Gasteiger partial charge in [-0.05, 0) is 82.2 Å². The highest BCUT2D eigenvalue weighted by molar-refractivity contribution is 7.80. The van der Waals surface area contributed by atoms with E-state index in [1.807, 2.05) is 27.7 Å². The fraction of sp³-hybridized carbons (Fsp3) is 0.660. The summed E-state index contributed by atoms with van der Waals surface area (Å²) in [6.45, 7) is 12.5. The van der Waals surface area contributed by atoms with Crippen LogP contribution in [0.5, 0.6) is 0 Å². The van der Waals surface area contributed by atoms with E-state index < -0.39 is 127 Å². The van der Waals surface area contributed by atoms with Crippen LogP contribution >= 0.6 is 12.6 Å². The molecule has 0 fully saturated rings. The summed E-state index contributed by atoms with van der Waals surface area (Å²) < 4.78 is 0. The number of carboxylic acid groups (broad SMARTS) is 1. The number of benzene rings is 1. The second-order valence-electron chi connectivity index (χ2n) is 18.8. The smallest absolute Gasteiger partial charge is 0.326 e. The molecule has 71 heavy (non-hydrogen) atoms. The van der Waals surface area contributed by atoms with Gasteiger partial charge in [0, 0.05) is 12.2 Å². The van der Waals surface area contributed by atoms with E-state index >= 15 is 0 Å².